The van der Waals surface area contributed by atoms with E-state index >= 15 is 0 Å². The first-order valence-corrected chi connectivity index (χ1v) is 3.31. The summed E-state index contributed by atoms with van der Waals surface area (Å²) in [6.45, 7) is 0. The first-order valence-electron chi connectivity index (χ1n) is 3.31. The van der Waals surface area contributed by atoms with E-state index in [1.165, 1.54) is 0 Å². The van der Waals surface area contributed by atoms with Crippen LogP contribution in [0.25, 0.3) is 0 Å². The Morgan fingerprint density at radius 2 is 2.33 bits per heavy atom. The summed E-state index contributed by atoms with van der Waals surface area (Å²) < 4.78 is 0. The summed E-state index contributed by atoms with van der Waals surface area (Å²) >= 11 is 0. The van der Waals surface area contributed by atoms with Gasteiger partial charge in [-0.05, 0) is 25.7 Å². The topological polar surface area (TPSA) is 17.1 Å². The van der Waals surface area contributed by atoms with E-state index in [0.29, 0.717) is 0 Å². The van der Waals surface area contributed by atoms with E-state index in [-0.39, 0.29) is 0 Å². The highest BCUT2D eigenvalue weighted by Crippen LogP contribution is 2.13. The highest BCUT2D eigenvalue weighted by Gasteiger charge is 1.98. The molecule has 0 radical (unpaired) electrons. The van der Waals surface area contributed by atoms with Crippen LogP contribution in [0.2, 0.25) is 0 Å². The van der Waals surface area contributed by atoms with Crippen LogP contribution < -0.4 is 0 Å². The molecule has 0 aliphatic heterocycles. The smallest absolute Gasteiger partial charge is 0.123 e. The number of hydrogen-bond donors (Lipinski definition) is 0. The van der Waals surface area contributed by atoms with Gasteiger partial charge in [0.2, 0.25) is 0 Å². The molecule has 48 valence electrons. The van der Waals surface area contributed by atoms with E-state index in [2.05, 4.69) is 6.08 Å². The SMILES string of the molecule is O=C=C1CC=CCCC1. The molecule has 0 saturated heterocycles. The lowest BCUT2D eigenvalue weighted by Crippen LogP contribution is -1.79. The third-order valence-corrected chi connectivity index (χ3v) is 1.52. The maximum Gasteiger partial charge on any atom is 0.123 e. The molecule has 0 saturated carbocycles. The Morgan fingerprint density at radius 1 is 1.44 bits per heavy atom. The largest absolute Gasteiger partial charge is 0.234 e. The van der Waals surface area contributed by atoms with E-state index in [9.17, 15) is 4.79 Å². The fraction of sp³-hybridized carbons (Fsp3) is 0.500. The second-order valence-electron chi connectivity index (χ2n) is 2.27. The van der Waals surface area contributed by atoms with Gasteiger partial charge in [-0.15, -0.1) is 0 Å². The first-order chi connectivity index (χ1) is 4.43. The van der Waals surface area contributed by atoms with Gasteiger partial charge in [0.1, 0.15) is 5.94 Å². The summed E-state index contributed by atoms with van der Waals surface area (Å²) in [6.07, 6.45) is 8.17. The molecule has 0 fully saturated rings. The van der Waals surface area contributed by atoms with Crippen molar-refractivity contribution in [1.82, 2.24) is 0 Å². The quantitative estimate of drug-likeness (QED) is 0.354. The molecule has 0 heterocycles. The summed E-state index contributed by atoms with van der Waals surface area (Å²) in [5.74, 6) is 1.96. The number of carbonyl (C=O) groups excluding carboxylic acids is 1. The fourth-order valence-corrected chi connectivity index (χ4v) is 0.972. The third kappa shape index (κ3) is 1.87. The average Bonchev–Trinajstić information content (AvgIpc) is 2.13. The Balaban J connectivity index is 2.58. The molecular weight excluding hydrogens is 112 g/mol. The van der Waals surface area contributed by atoms with Crippen molar-refractivity contribution in [2.45, 2.75) is 25.7 Å². The zero-order valence-electron chi connectivity index (χ0n) is 5.39. The molecule has 0 bridgehead atoms. The number of rotatable bonds is 0. The molecule has 1 aliphatic rings. The predicted octanol–water partition coefficient (Wildman–Crippen LogP) is 1.87. The fourth-order valence-electron chi connectivity index (χ4n) is 0.972. The lowest BCUT2D eigenvalue weighted by atomic mass is 10.1. The maximum absolute atomic E-state index is 10.1. The van der Waals surface area contributed by atoms with Crippen molar-refractivity contribution >= 4 is 5.94 Å². The van der Waals surface area contributed by atoms with Crippen LogP contribution in [0.3, 0.4) is 0 Å². The van der Waals surface area contributed by atoms with Gasteiger partial charge >= 0.3 is 0 Å². The zero-order valence-corrected chi connectivity index (χ0v) is 5.39. The highest BCUT2D eigenvalue weighted by atomic mass is 16.1. The summed E-state index contributed by atoms with van der Waals surface area (Å²) in [7, 11) is 0. The molecule has 0 atom stereocenters. The Bertz CT molecular complexity index is 161. The molecule has 1 rings (SSSR count). The summed E-state index contributed by atoms with van der Waals surface area (Å²) in [4.78, 5) is 10.1. The van der Waals surface area contributed by atoms with Gasteiger partial charge in [0.05, 0.1) is 0 Å². The van der Waals surface area contributed by atoms with E-state index < -0.39 is 0 Å². The van der Waals surface area contributed by atoms with Crippen molar-refractivity contribution < 1.29 is 4.79 Å². The minimum absolute atomic E-state index is 0.823. The van der Waals surface area contributed by atoms with Crippen molar-refractivity contribution in [3.63, 3.8) is 0 Å². The lowest BCUT2D eigenvalue weighted by Gasteiger charge is -1.90. The van der Waals surface area contributed by atoms with Gasteiger partial charge in [0.15, 0.2) is 0 Å². The molecule has 9 heavy (non-hydrogen) atoms. The van der Waals surface area contributed by atoms with Crippen LogP contribution in [0.4, 0.5) is 0 Å². The molecule has 0 spiro atoms. The molecule has 0 aromatic heterocycles. The minimum Gasteiger partial charge on any atom is -0.234 e. The van der Waals surface area contributed by atoms with Gasteiger partial charge in [-0.2, -0.15) is 0 Å². The van der Waals surface area contributed by atoms with Gasteiger partial charge in [-0.1, -0.05) is 12.2 Å². The molecule has 0 unspecified atom stereocenters. The Labute approximate surface area is 55.1 Å². The average molecular weight is 122 g/mol. The van der Waals surface area contributed by atoms with Crippen LogP contribution >= 0.6 is 0 Å². The van der Waals surface area contributed by atoms with Crippen LogP contribution in [0.15, 0.2) is 17.7 Å². The summed E-state index contributed by atoms with van der Waals surface area (Å²) in [5.41, 5.74) is 0.920. The van der Waals surface area contributed by atoms with Crippen molar-refractivity contribution in [3.05, 3.63) is 17.7 Å². The summed E-state index contributed by atoms with van der Waals surface area (Å²) in [6, 6.07) is 0. The van der Waals surface area contributed by atoms with Crippen LogP contribution in [-0.4, -0.2) is 5.94 Å². The normalized spacial score (nSPS) is 18.9. The van der Waals surface area contributed by atoms with Gasteiger partial charge in [-0.25, -0.2) is 4.79 Å². The molecule has 0 amide bonds. The van der Waals surface area contributed by atoms with Crippen LogP contribution in [0.5, 0.6) is 0 Å². The standard InChI is InChI=1S/C8H10O/c9-7-8-5-3-1-2-4-6-8/h1,3H,2,4-6H2. The Morgan fingerprint density at radius 3 is 3.11 bits per heavy atom. The van der Waals surface area contributed by atoms with Gasteiger partial charge in [0, 0.05) is 5.57 Å². The minimum atomic E-state index is 0.823. The van der Waals surface area contributed by atoms with Gasteiger partial charge in [0.25, 0.3) is 0 Å². The van der Waals surface area contributed by atoms with E-state index in [0.717, 1.165) is 31.3 Å². The number of allylic oxidation sites excluding steroid dienone is 3. The predicted molar refractivity (Wildman–Crippen MR) is 36.8 cm³/mol. The first kappa shape index (κ1) is 6.31. The monoisotopic (exact) mass is 122 g/mol. The van der Waals surface area contributed by atoms with Crippen LogP contribution in [0, 0.1) is 0 Å². The van der Waals surface area contributed by atoms with E-state index in [4.69, 9.17) is 0 Å². The van der Waals surface area contributed by atoms with Crippen LogP contribution in [-0.2, 0) is 4.79 Å². The number of hydrogen-bond acceptors (Lipinski definition) is 1. The molecule has 1 aliphatic carbocycles. The molecular formula is C8H10O. The molecule has 0 aromatic rings. The summed E-state index contributed by atoms with van der Waals surface area (Å²) in [5, 5.41) is 0. The van der Waals surface area contributed by atoms with Crippen molar-refractivity contribution in [3.8, 4) is 0 Å². The maximum atomic E-state index is 10.1. The highest BCUT2D eigenvalue weighted by molar-refractivity contribution is 5.53. The molecule has 1 nitrogen and oxygen atoms in total. The van der Waals surface area contributed by atoms with E-state index in [1.54, 1.807) is 0 Å². The zero-order chi connectivity index (χ0) is 6.53. The second-order valence-corrected chi connectivity index (χ2v) is 2.27. The second kappa shape index (κ2) is 3.26. The molecule has 0 aromatic carbocycles. The Hall–Kier alpha value is -0.810. The Kier molecular flexibility index (Phi) is 2.29. The lowest BCUT2D eigenvalue weighted by molar-refractivity contribution is 0.565. The van der Waals surface area contributed by atoms with Gasteiger partial charge < -0.3 is 0 Å². The van der Waals surface area contributed by atoms with Gasteiger partial charge in [-0.3, -0.25) is 0 Å². The van der Waals surface area contributed by atoms with Crippen molar-refractivity contribution in [2.75, 3.05) is 0 Å². The van der Waals surface area contributed by atoms with Crippen molar-refractivity contribution in [1.29, 1.82) is 0 Å². The van der Waals surface area contributed by atoms with E-state index in [1.807, 2.05) is 12.0 Å². The van der Waals surface area contributed by atoms with Crippen molar-refractivity contribution in [2.24, 2.45) is 0 Å². The van der Waals surface area contributed by atoms with Crippen LogP contribution in [0.1, 0.15) is 25.7 Å². The molecule has 0 N–H and O–H groups in total. The third-order valence-electron chi connectivity index (χ3n) is 1.52. The molecule has 1 heteroatoms.